The zero-order valence-electron chi connectivity index (χ0n) is 6.91. The van der Waals surface area contributed by atoms with Crippen LogP contribution in [-0.2, 0) is 0 Å². The number of hydrogen-bond donors (Lipinski definition) is 0. The fourth-order valence-electron chi connectivity index (χ4n) is 1.21. The Hall–Kier alpha value is -1.36. The van der Waals surface area contributed by atoms with Crippen molar-refractivity contribution in [2.24, 2.45) is 0 Å². The predicted octanol–water partition coefficient (Wildman–Crippen LogP) is 3.41. The standard InChI is InChI=1S/C10H3BrN2S/c11-9-7(4-12)2-1-6-3-8(5-13)14-10(6)9/h1-3H. The molecule has 1 aromatic heterocycles. The van der Waals surface area contributed by atoms with Gasteiger partial charge in [-0.05, 0) is 33.4 Å². The maximum atomic E-state index is 8.80. The lowest BCUT2D eigenvalue weighted by Crippen LogP contribution is -1.75. The van der Waals surface area contributed by atoms with Crippen LogP contribution < -0.4 is 0 Å². The normalized spacial score (nSPS) is 9.64. The highest BCUT2D eigenvalue weighted by Crippen LogP contribution is 2.33. The van der Waals surface area contributed by atoms with Crippen LogP contribution in [0.2, 0.25) is 0 Å². The monoisotopic (exact) mass is 262 g/mol. The molecule has 0 N–H and O–H groups in total. The number of hydrogen-bond acceptors (Lipinski definition) is 3. The van der Waals surface area contributed by atoms with E-state index in [1.807, 2.05) is 12.1 Å². The maximum absolute atomic E-state index is 8.80. The van der Waals surface area contributed by atoms with Crippen molar-refractivity contribution in [3.8, 4) is 12.1 Å². The summed E-state index contributed by atoms with van der Waals surface area (Å²) in [7, 11) is 0. The van der Waals surface area contributed by atoms with Crippen molar-refractivity contribution in [1.29, 1.82) is 10.5 Å². The van der Waals surface area contributed by atoms with Gasteiger partial charge >= 0.3 is 0 Å². The molecule has 0 saturated carbocycles. The van der Waals surface area contributed by atoms with Gasteiger partial charge < -0.3 is 0 Å². The summed E-state index contributed by atoms with van der Waals surface area (Å²) < 4.78 is 1.74. The van der Waals surface area contributed by atoms with Crippen LogP contribution in [0.15, 0.2) is 22.7 Å². The first-order valence-corrected chi connectivity index (χ1v) is 5.39. The van der Waals surface area contributed by atoms with Crippen molar-refractivity contribution in [2.75, 3.05) is 0 Å². The molecule has 1 aromatic carbocycles. The summed E-state index contributed by atoms with van der Waals surface area (Å²) in [5.74, 6) is 0. The molecule has 0 aliphatic heterocycles. The minimum atomic E-state index is 0.601. The van der Waals surface area contributed by atoms with E-state index in [0.29, 0.717) is 10.4 Å². The Morgan fingerprint density at radius 1 is 1.21 bits per heavy atom. The minimum Gasteiger partial charge on any atom is -0.192 e. The third-order valence-electron chi connectivity index (χ3n) is 1.86. The van der Waals surface area contributed by atoms with E-state index in [0.717, 1.165) is 14.6 Å². The highest BCUT2D eigenvalue weighted by molar-refractivity contribution is 9.10. The lowest BCUT2D eigenvalue weighted by atomic mass is 10.2. The molecule has 0 aliphatic carbocycles. The Balaban J connectivity index is 2.85. The van der Waals surface area contributed by atoms with Gasteiger partial charge in [0.15, 0.2) is 0 Å². The van der Waals surface area contributed by atoms with Crippen molar-refractivity contribution in [3.63, 3.8) is 0 Å². The van der Waals surface area contributed by atoms with E-state index in [9.17, 15) is 0 Å². The fraction of sp³-hybridized carbons (Fsp3) is 0. The number of halogens is 1. The van der Waals surface area contributed by atoms with Gasteiger partial charge in [0.1, 0.15) is 17.0 Å². The Morgan fingerprint density at radius 2 is 2.00 bits per heavy atom. The molecule has 0 atom stereocenters. The van der Waals surface area contributed by atoms with Crippen LogP contribution in [-0.4, -0.2) is 0 Å². The summed E-state index contributed by atoms with van der Waals surface area (Å²) in [4.78, 5) is 0.663. The molecule has 4 heteroatoms. The highest BCUT2D eigenvalue weighted by Gasteiger charge is 2.08. The van der Waals surface area contributed by atoms with Crippen LogP contribution in [0.1, 0.15) is 10.4 Å². The molecule has 0 amide bonds. The van der Waals surface area contributed by atoms with Crippen molar-refractivity contribution in [2.45, 2.75) is 0 Å². The smallest absolute Gasteiger partial charge is 0.110 e. The molecular formula is C10H3BrN2S. The molecule has 0 aliphatic rings. The molecule has 1 heterocycles. The van der Waals surface area contributed by atoms with Gasteiger partial charge in [0.05, 0.1) is 14.7 Å². The van der Waals surface area contributed by atoms with Gasteiger partial charge in [-0.2, -0.15) is 10.5 Å². The van der Waals surface area contributed by atoms with Crippen LogP contribution in [0.5, 0.6) is 0 Å². The van der Waals surface area contributed by atoms with E-state index in [2.05, 4.69) is 28.1 Å². The first-order chi connectivity index (χ1) is 6.76. The topological polar surface area (TPSA) is 47.6 Å². The van der Waals surface area contributed by atoms with Crippen LogP contribution in [0.4, 0.5) is 0 Å². The Bertz CT molecular complexity index is 586. The summed E-state index contributed by atoms with van der Waals surface area (Å²) >= 11 is 4.76. The zero-order chi connectivity index (χ0) is 10.1. The summed E-state index contributed by atoms with van der Waals surface area (Å²) in [6, 6.07) is 9.62. The van der Waals surface area contributed by atoms with Crippen LogP contribution in [0.25, 0.3) is 10.1 Å². The van der Waals surface area contributed by atoms with E-state index < -0.39 is 0 Å². The van der Waals surface area contributed by atoms with Crippen molar-refractivity contribution < 1.29 is 0 Å². The lowest BCUT2D eigenvalue weighted by molar-refractivity contribution is 1.49. The van der Waals surface area contributed by atoms with Gasteiger partial charge in [0.2, 0.25) is 0 Å². The van der Waals surface area contributed by atoms with Crippen molar-refractivity contribution in [1.82, 2.24) is 0 Å². The van der Waals surface area contributed by atoms with Gasteiger partial charge in [0, 0.05) is 0 Å². The van der Waals surface area contributed by atoms with Crippen LogP contribution >= 0.6 is 27.3 Å². The quantitative estimate of drug-likeness (QED) is 0.731. The molecular weight excluding hydrogens is 260 g/mol. The second kappa shape index (κ2) is 3.42. The van der Waals surface area contributed by atoms with Gasteiger partial charge in [0.25, 0.3) is 0 Å². The second-order valence-electron chi connectivity index (χ2n) is 2.68. The fourth-order valence-corrected chi connectivity index (χ4v) is 2.80. The first kappa shape index (κ1) is 9.21. The summed E-state index contributed by atoms with van der Waals surface area (Å²) in [5, 5.41) is 18.5. The Morgan fingerprint density at radius 3 is 2.64 bits per heavy atom. The predicted molar refractivity (Wildman–Crippen MR) is 59.0 cm³/mol. The Labute approximate surface area is 93.1 Å². The lowest BCUT2D eigenvalue weighted by Gasteiger charge is -1.95. The molecule has 2 nitrogen and oxygen atoms in total. The van der Waals surface area contributed by atoms with Crippen LogP contribution in [0, 0.1) is 22.7 Å². The minimum absolute atomic E-state index is 0.601. The molecule has 0 saturated heterocycles. The van der Waals surface area contributed by atoms with Crippen LogP contribution in [0.3, 0.4) is 0 Å². The van der Waals surface area contributed by atoms with Gasteiger partial charge in [-0.1, -0.05) is 6.07 Å². The second-order valence-corrected chi connectivity index (χ2v) is 4.52. The molecule has 2 aromatic rings. The van der Waals surface area contributed by atoms with E-state index in [-0.39, 0.29) is 0 Å². The first-order valence-electron chi connectivity index (χ1n) is 3.78. The van der Waals surface area contributed by atoms with E-state index >= 15 is 0 Å². The molecule has 14 heavy (non-hydrogen) atoms. The van der Waals surface area contributed by atoms with Crippen molar-refractivity contribution in [3.05, 3.63) is 33.1 Å². The summed E-state index contributed by atoms with van der Waals surface area (Å²) in [6.45, 7) is 0. The average molecular weight is 263 g/mol. The highest BCUT2D eigenvalue weighted by atomic mass is 79.9. The maximum Gasteiger partial charge on any atom is 0.110 e. The third kappa shape index (κ3) is 1.29. The van der Waals surface area contributed by atoms with Crippen molar-refractivity contribution >= 4 is 37.4 Å². The molecule has 0 radical (unpaired) electrons. The number of rotatable bonds is 0. The number of fused-ring (bicyclic) bond motifs is 1. The third-order valence-corrected chi connectivity index (χ3v) is 4.02. The van der Waals surface area contributed by atoms with Gasteiger partial charge in [-0.15, -0.1) is 11.3 Å². The summed E-state index contributed by atoms with van der Waals surface area (Å²) in [6.07, 6.45) is 0. The van der Waals surface area contributed by atoms with E-state index in [1.54, 1.807) is 6.07 Å². The Kier molecular flexibility index (Phi) is 2.25. The molecule has 0 spiro atoms. The summed E-state index contributed by atoms with van der Waals surface area (Å²) in [5.41, 5.74) is 0.601. The van der Waals surface area contributed by atoms with Gasteiger partial charge in [-0.25, -0.2) is 0 Å². The number of nitrogens with zero attached hydrogens (tertiary/aromatic N) is 2. The zero-order valence-corrected chi connectivity index (χ0v) is 9.32. The molecule has 66 valence electrons. The molecule has 2 rings (SSSR count). The molecule has 0 bridgehead atoms. The molecule has 0 unspecified atom stereocenters. The van der Waals surface area contributed by atoms with Gasteiger partial charge in [-0.3, -0.25) is 0 Å². The molecule has 0 fully saturated rings. The largest absolute Gasteiger partial charge is 0.192 e. The number of benzene rings is 1. The van der Waals surface area contributed by atoms with E-state index in [4.69, 9.17) is 10.5 Å². The average Bonchev–Trinajstić information content (AvgIpc) is 2.62. The number of thiophene rings is 1. The number of nitriles is 2. The van der Waals surface area contributed by atoms with E-state index in [1.165, 1.54) is 11.3 Å². The SMILES string of the molecule is N#Cc1cc2ccc(C#N)c(Br)c2s1.